The first-order valence-electron chi connectivity index (χ1n) is 7.30. The van der Waals surface area contributed by atoms with Gasteiger partial charge in [0, 0.05) is 31.7 Å². The fourth-order valence-electron chi connectivity index (χ4n) is 2.76. The molecule has 2 atom stereocenters. The molecule has 0 bridgehead atoms. The lowest BCUT2D eigenvalue weighted by molar-refractivity contribution is 0.150. The summed E-state index contributed by atoms with van der Waals surface area (Å²) in [5, 5.41) is 3.66. The molecule has 0 aliphatic carbocycles. The quantitative estimate of drug-likeness (QED) is 0.861. The minimum atomic E-state index is 0.605. The van der Waals surface area contributed by atoms with Crippen molar-refractivity contribution < 1.29 is 0 Å². The number of hydrogen-bond acceptors (Lipinski definition) is 3. The van der Waals surface area contributed by atoms with Gasteiger partial charge in [0.15, 0.2) is 0 Å². The standard InChI is InChI=1S/C16H26N2S/c1-14(8-11-19-2)18-10-9-17-16(13-18)12-15-6-4-3-5-7-15/h3-7,14,16-17H,8-13H2,1-2H3. The summed E-state index contributed by atoms with van der Waals surface area (Å²) in [5.41, 5.74) is 1.44. The summed E-state index contributed by atoms with van der Waals surface area (Å²) in [6, 6.07) is 12.2. The first kappa shape index (κ1) is 14.9. The topological polar surface area (TPSA) is 15.3 Å². The van der Waals surface area contributed by atoms with Crippen LogP contribution in [0.4, 0.5) is 0 Å². The summed E-state index contributed by atoms with van der Waals surface area (Å²) < 4.78 is 0. The smallest absolute Gasteiger partial charge is 0.0236 e. The van der Waals surface area contributed by atoms with Crippen molar-refractivity contribution in [2.24, 2.45) is 0 Å². The van der Waals surface area contributed by atoms with Gasteiger partial charge in [-0.2, -0.15) is 11.8 Å². The van der Waals surface area contributed by atoms with Crippen LogP contribution in [0.2, 0.25) is 0 Å². The van der Waals surface area contributed by atoms with Crippen LogP contribution < -0.4 is 5.32 Å². The Morgan fingerprint density at radius 3 is 2.89 bits per heavy atom. The summed E-state index contributed by atoms with van der Waals surface area (Å²) in [6.45, 7) is 5.88. The highest BCUT2D eigenvalue weighted by Gasteiger charge is 2.22. The minimum Gasteiger partial charge on any atom is -0.311 e. The number of nitrogens with one attached hydrogen (secondary N) is 1. The third-order valence-electron chi connectivity index (χ3n) is 3.97. The molecule has 19 heavy (non-hydrogen) atoms. The molecule has 0 radical (unpaired) electrons. The average molecular weight is 278 g/mol. The monoisotopic (exact) mass is 278 g/mol. The molecular weight excluding hydrogens is 252 g/mol. The molecule has 0 saturated carbocycles. The highest BCUT2D eigenvalue weighted by molar-refractivity contribution is 7.98. The minimum absolute atomic E-state index is 0.605. The Labute approximate surface area is 122 Å². The summed E-state index contributed by atoms with van der Waals surface area (Å²) in [7, 11) is 0. The fraction of sp³-hybridized carbons (Fsp3) is 0.625. The van der Waals surface area contributed by atoms with Crippen LogP contribution in [0.25, 0.3) is 0 Å². The molecule has 0 amide bonds. The molecule has 1 N–H and O–H groups in total. The van der Waals surface area contributed by atoms with E-state index in [9.17, 15) is 0 Å². The number of benzene rings is 1. The Bertz CT molecular complexity index is 355. The third kappa shape index (κ3) is 4.83. The molecule has 2 unspecified atom stereocenters. The van der Waals surface area contributed by atoms with E-state index < -0.39 is 0 Å². The van der Waals surface area contributed by atoms with E-state index in [0.717, 1.165) is 13.0 Å². The second-order valence-corrected chi connectivity index (χ2v) is 6.45. The molecule has 0 aromatic heterocycles. The van der Waals surface area contributed by atoms with Crippen LogP contribution in [0.3, 0.4) is 0 Å². The van der Waals surface area contributed by atoms with Crippen molar-refractivity contribution in [3.63, 3.8) is 0 Å². The lowest BCUT2D eigenvalue weighted by Gasteiger charge is -2.37. The predicted molar refractivity (Wildman–Crippen MR) is 86.0 cm³/mol. The van der Waals surface area contributed by atoms with Gasteiger partial charge in [-0.1, -0.05) is 30.3 Å². The van der Waals surface area contributed by atoms with E-state index in [1.807, 2.05) is 11.8 Å². The van der Waals surface area contributed by atoms with Crippen LogP contribution in [0.5, 0.6) is 0 Å². The van der Waals surface area contributed by atoms with Gasteiger partial charge in [0.2, 0.25) is 0 Å². The highest BCUT2D eigenvalue weighted by atomic mass is 32.2. The number of piperazine rings is 1. The van der Waals surface area contributed by atoms with Gasteiger partial charge in [0.1, 0.15) is 0 Å². The Morgan fingerprint density at radius 2 is 2.16 bits per heavy atom. The molecule has 0 spiro atoms. The third-order valence-corrected chi connectivity index (χ3v) is 4.62. The van der Waals surface area contributed by atoms with Gasteiger partial charge in [0.05, 0.1) is 0 Å². The van der Waals surface area contributed by atoms with E-state index in [2.05, 4.69) is 53.7 Å². The van der Waals surface area contributed by atoms with Crippen LogP contribution in [-0.2, 0) is 6.42 Å². The lowest BCUT2D eigenvalue weighted by Crippen LogP contribution is -2.54. The van der Waals surface area contributed by atoms with E-state index in [-0.39, 0.29) is 0 Å². The SMILES string of the molecule is CSCCC(C)N1CCNC(Cc2ccccc2)C1. The van der Waals surface area contributed by atoms with Crippen LogP contribution >= 0.6 is 11.8 Å². The van der Waals surface area contributed by atoms with Gasteiger partial charge in [-0.3, -0.25) is 4.90 Å². The second-order valence-electron chi connectivity index (χ2n) is 5.47. The Morgan fingerprint density at radius 1 is 1.37 bits per heavy atom. The first-order valence-corrected chi connectivity index (χ1v) is 8.69. The molecule has 1 fully saturated rings. The number of nitrogens with zero attached hydrogens (tertiary/aromatic N) is 1. The molecule has 1 saturated heterocycles. The van der Waals surface area contributed by atoms with Crippen molar-refractivity contribution in [3.05, 3.63) is 35.9 Å². The van der Waals surface area contributed by atoms with Crippen LogP contribution in [0.1, 0.15) is 18.9 Å². The van der Waals surface area contributed by atoms with Gasteiger partial charge < -0.3 is 5.32 Å². The number of hydrogen-bond donors (Lipinski definition) is 1. The molecular formula is C16H26N2S. The Balaban J connectivity index is 1.83. The van der Waals surface area contributed by atoms with Gasteiger partial charge in [-0.25, -0.2) is 0 Å². The molecule has 1 aliphatic rings. The van der Waals surface area contributed by atoms with E-state index in [1.54, 1.807) is 0 Å². The van der Waals surface area contributed by atoms with E-state index in [0.29, 0.717) is 12.1 Å². The number of rotatable bonds is 6. The largest absolute Gasteiger partial charge is 0.311 e. The Kier molecular flexibility index (Phi) is 6.21. The van der Waals surface area contributed by atoms with Crippen molar-refractivity contribution >= 4 is 11.8 Å². The normalized spacial score (nSPS) is 22.3. The molecule has 3 heteroatoms. The maximum absolute atomic E-state index is 3.66. The van der Waals surface area contributed by atoms with E-state index in [4.69, 9.17) is 0 Å². The highest BCUT2D eigenvalue weighted by Crippen LogP contribution is 2.13. The van der Waals surface area contributed by atoms with Crippen LogP contribution in [0.15, 0.2) is 30.3 Å². The summed E-state index contributed by atoms with van der Waals surface area (Å²) >= 11 is 1.96. The molecule has 1 heterocycles. The van der Waals surface area contributed by atoms with Crippen LogP contribution in [-0.4, -0.2) is 48.6 Å². The van der Waals surface area contributed by atoms with Gasteiger partial charge in [-0.15, -0.1) is 0 Å². The zero-order valence-electron chi connectivity index (χ0n) is 12.1. The molecule has 2 nitrogen and oxygen atoms in total. The van der Waals surface area contributed by atoms with E-state index in [1.165, 1.54) is 30.8 Å². The van der Waals surface area contributed by atoms with E-state index >= 15 is 0 Å². The zero-order valence-corrected chi connectivity index (χ0v) is 13.0. The summed E-state index contributed by atoms with van der Waals surface area (Å²) in [6.07, 6.45) is 4.65. The summed E-state index contributed by atoms with van der Waals surface area (Å²) in [5.74, 6) is 1.27. The fourth-order valence-corrected chi connectivity index (χ4v) is 3.33. The van der Waals surface area contributed by atoms with Crippen molar-refractivity contribution in [1.82, 2.24) is 10.2 Å². The molecule has 2 rings (SSSR count). The zero-order chi connectivity index (χ0) is 13.5. The molecule has 106 valence electrons. The predicted octanol–water partition coefficient (Wildman–Crippen LogP) is 2.64. The lowest BCUT2D eigenvalue weighted by atomic mass is 10.0. The van der Waals surface area contributed by atoms with Crippen molar-refractivity contribution in [3.8, 4) is 0 Å². The first-order chi connectivity index (χ1) is 9.29. The second kappa shape index (κ2) is 7.93. The van der Waals surface area contributed by atoms with Gasteiger partial charge >= 0.3 is 0 Å². The van der Waals surface area contributed by atoms with Gasteiger partial charge in [-0.05, 0) is 37.3 Å². The Hall–Kier alpha value is -0.510. The molecule has 1 aliphatic heterocycles. The van der Waals surface area contributed by atoms with Gasteiger partial charge in [0.25, 0.3) is 0 Å². The summed E-state index contributed by atoms with van der Waals surface area (Å²) in [4.78, 5) is 2.65. The average Bonchev–Trinajstić information content (AvgIpc) is 2.46. The van der Waals surface area contributed by atoms with Crippen molar-refractivity contribution in [2.75, 3.05) is 31.6 Å². The maximum atomic E-state index is 3.66. The molecule has 1 aromatic carbocycles. The maximum Gasteiger partial charge on any atom is 0.0236 e. The molecule has 1 aromatic rings. The van der Waals surface area contributed by atoms with Crippen molar-refractivity contribution in [2.45, 2.75) is 31.8 Å². The number of thioether (sulfide) groups is 1. The van der Waals surface area contributed by atoms with Crippen molar-refractivity contribution in [1.29, 1.82) is 0 Å². The van der Waals surface area contributed by atoms with Crippen LogP contribution in [0, 0.1) is 0 Å².